The van der Waals surface area contributed by atoms with Gasteiger partial charge in [0.15, 0.2) is 0 Å². The zero-order valence-corrected chi connectivity index (χ0v) is 10.9. The first-order valence-corrected chi connectivity index (χ1v) is 5.58. The molecule has 0 aliphatic carbocycles. The maximum Gasteiger partial charge on any atom is 0.140 e. The molecule has 0 aromatic carbocycles. The Morgan fingerprint density at radius 2 is 1.50 bits per heavy atom. The Morgan fingerprint density at radius 1 is 1.07 bits per heavy atom. The Bertz CT molecular complexity index is 190. The minimum absolute atomic E-state index is 0.183. The van der Waals surface area contributed by atoms with E-state index in [4.69, 9.17) is 0 Å². The first-order valence-electron chi connectivity index (χ1n) is 5.58. The molecule has 0 N–H and O–H groups in total. The van der Waals surface area contributed by atoms with Crippen molar-refractivity contribution in [3.05, 3.63) is 0 Å². The minimum Gasteiger partial charge on any atom is -0.299 e. The van der Waals surface area contributed by atoms with Crippen LogP contribution in [0.25, 0.3) is 0 Å². The highest BCUT2D eigenvalue weighted by Gasteiger charge is 2.27. The van der Waals surface area contributed by atoms with E-state index < -0.39 is 0 Å². The quantitative estimate of drug-likeness (QED) is 0.668. The second-order valence-corrected chi connectivity index (χ2v) is 6.61. The Balaban J connectivity index is 4.11. The van der Waals surface area contributed by atoms with Crippen LogP contribution >= 0.6 is 0 Å². The fraction of sp³-hybridized carbons (Fsp3) is 0.923. The van der Waals surface area contributed by atoms with Gasteiger partial charge in [0, 0.05) is 11.3 Å². The van der Waals surface area contributed by atoms with Crippen LogP contribution in [0.1, 0.15) is 61.3 Å². The zero-order chi connectivity index (χ0) is 11.6. The number of Topliss-reactive ketones (excluding diaryl/α,β-unsaturated/α-hetero) is 1. The van der Waals surface area contributed by atoms with E-state index in [1.54, 1.807) is 0 Å². The number of ketones is 1. The van der Waals surface area contributed by atoms with Crippen molar-refractivity contribution in [2.24, 2.45) is 16.7 Å². The summed E-state index contributed by atoms with van der Waals surface area (Å²) in [4.78, 5) is 11.9. The molecular formula is C13H26O. The SMILES string of the molecule is C[C@@H](CCC(C)(C)C)C(=O)C(C)(C)C. The van der Waals surface area contributed by atoms with Crippen LogP contribution in [0.3, 0.4) is 0 Å². The summed E-state index contributed by atoms with van der Waals surface area (Å²) in [7, 11) is 0. The molecule has 0 radical (unpaired) electrons. The summed E-state index contributed by atoms with van der Waals surface area (Å²) < 4.78 is 0. The standard InChI is InChI=1S/C13H26O/c1-10(8-9-12(2,3)4)11(14)13(5,6)7/h10H,8-9H2,1-7H3/t10-/m0/s1. The van der Waals surface area contributed by atoms with Crippen molar-refractivity contribution >= 4 is 5.78 Å². The average molecular weight is 198 g/mol. The lowest BCUT2D eigenvalue weighted by Gasteiger charge is -2.25. The lowest BCUT2D eigenvalue weighted by atomic mass is 9.79. The third kappa shape index (κ3) is 5.41. The Kier molecular flexibility index (Phi) is 4.35. The number of carbonyl (C=O) groups is 1. The van der Waals surface area contributed by atoms with E-state index in [0.717, 1.165) is 12.8 Å². The van der Waals surface area contributed by atoms with E-state index in [1.807, 2.05) is 20.8 Å². The molecule has 0 spiro atoms. The van der Waals surface area contributed by atoms with Gasteiger partial charge in [-0.05, 0) is 18.3 Å². The predicted molar refractivity (Wildman–Crippen MR) is 62.3 cm³/mol. The highest BCUT2D eigenvalue weighted by molar-refractivity contribution is 5.85. The highest BCUT2D eigenvalue weighted by Crippen LogP contribution is 2.28. The maximum absolute atomic E-state index is 11.9. The molecule has 0 aliphatic rings. The summed E-state index contributed by atoms with van der Waals surface area (Å²) in [6, 6.07) is 0. The van der Waals surface area contributed by atoms with Crippen LogP contribution in [-0.4, -0.2) is 5.78 Å². The molecule has 0 saturated heterocycles. The molecule has 0 aromatic heterocycles. The fourth-order valence-electron chi connectivity index (χ4n) is 1.52. The van der Waals surface area contributed by atoms with Gasteiger partial charge in [0.2, 0.25) is 0 Å². The zero-order valence-electron chi connectivity index (χ0n) is 10.9. The minimum atomic E-state index is -0.183. The number of rotatable bonds is 3. The molecule has 0 aliphatic heterocycles. The van der Waals surface area contributed by atoms with E-state index in [1.165, 1.54) is 0 Å². The molecular weight excluding hydrogens is 172 g/mol. The van der Waals surface area contributed by atoms with Crippen LogP contribution < -0.4 is 0 Å². The molecule has 1 atom stereocenters. The number of hydrogen-bond donors (Lipinski definition) is 0. The third-order valence-corrected chi connectivity index (χ3v) is 2.51. The van der Waals surface area contributed by atoms with E-state index >= 15 is 0 Å². The first-order chi connectivity index (χ1) is 6.04. The van der Waals surface area contributed by atoms with E-state index in [0.29, 0.717) is 11.2 Å². The molecule has 0 fully saturated rings. The van der Waals surface area contributed by atoms with Gasteiger partial charge in [-0.3, -0.25) is 4.79 Å². The van der Waals surface area contributed by atoms with Crippen molar-refractivity contribution in [3.8, 4) is 0 Å². The molecule has 0 rings (SSSR count). The topological polar surface area (TPSA) is 17.1 Å². The van der Waals surface area contributed by atoms with Crippen molar-refractivity contribution in [2.75, 3.05) is 0 Å². The Labute approximate surface area is 89.3 Å². The summed E-state index contributed by atoms with van der Waals surface area (Å²) in [6.45, 7) is 14.7. The van der Waals surface area contributed by atoms with Gasteiger partial charge in [-0.2, -0.15) is 0 Å². The summed E-state index contributed by atoms with van der Waals surface area (Å²) in [5, 5.41) is 0. The monoisotopic (exact) mass is 198 g/mol. The van der Waals surface area contributed by atoms with Gasteiger partial charge in [0.1, 0.15) is 5.78 Å². The first kappa shape index (κ1) is 13.7. The lowest BCUT2D eigenvalue weighted by molar-refractivity contribution is -0.130. The lowest BCUT2D eigenvalue weighted by Crippen LogP contribution is -2.27. The number of hydrogen-bond acceptors (Lipinski definition) is 1. The maximum atomic E-state index is 11.9. The van der Waals surface area contributed by atoms with Crippen molar-refractivity contribution in [3.63, 3.8) is 0 Å². The van der Waals surface area contributed by atoms with Gasteiger partial charge in [0.05, 0.1) is 0 Å². The van der Waals surface area contributed by atoms with E-state index in [9.17, 15) is 4.79 Å². The van der Waals surface area contributed by atoms with Crippen molar-refractivity contribution in [1.29, 1.82) is 0 Å². The Morgan fingerprint density at radius 3 is 1.79 bits per heavy atom. The van der Waals surface area contributed by atoms with Crippen molar-refractivity contribution < 1.29 is 4.79 Å². The third-order valence-electron chi connectivity index (χ3n) is 2.51. The van der Waals surface area contributed by atoms with Crippen molar-refractivity contribution in [2.45, 2.75) is 61.3 Å². The molecule has 0 bridgehead atoms. The molecule has 0 aromatic rings. The van der Waals surface area contributed by atoms with Gasteiger partial charge < -0.3 is 0 Å². The molecule has 1 heteroatoms. The highest BCUT2D eigenvalue weighted by atomic mass is 16.1. The normalized spacial score (nSPS) is 15.4. The van der Waals surface area contributed by atoms with Gasteiger partial charge in [-0.25, -0.2) is 0 Å². The van der Waals surface area contributed by atoms with E-state index in [-0.39, 0.29) is 11.3 Å². The fourth-order valence-corrected chi connectivity index (χ4v) is 1.52. The smallest absolute Gasteiger partial charge is 0.140 e. The molecule has 14 heavy (non-hydrogen) atoms. The molecule has 0 unspecified atom stereocenters. The van der Waals surface area contributed by atoms with Crippen LogP contribution in [0.4, 0.5) is 0 Å². The molecule has 0 heterocycles. The summed E-state index contributed by atoms with van der Waals surface area (Å²) in [6.07, 6.45) is 2.13. The average Bonchev–Trinajstić information content (AvgIpc) is 1.95. The predicted octanol–water partition coefficient (Wildman–Crippen LogP) is 4.06. The van der Waals surface area contributed by atoms with Crippen LogP contribution in [0.5, 0.6) is 0 Å². The molecule has 1 nitrogen and oxygen atoms in total. The van der Waals surface area contributed by atoms with Crippen LogP contribution in [0, 0.1) is 16.7 Å². The van der Waals surface area contributed by atoms with E-state index in [2.05, 4.69) is 27.7 Å². The number of carbonyl (C=O) groups excluding carboxylic acids is 1. The second-order valence-electron chi connectivity index (χ2n) is 6.61. The van der Waals surface area contributed by atoms with Crippen molar-refractivity contribution in [1.82, 2.24) is 0 Å². The summed E-state index contributed by atoms with van der Waals surface area (Å²) in [5.41, 5.74) is 0.156. The van der Waals surface area contributed by atoms with Gasteiger partial charge in [-0.15, -0.1) is 0 Å². The van der Waals surface area contributed by atoms with Gasteiger partial charge in [-0.1, -0.05) is 48.5 Å². The van der Waals surface area contributed by atoms with Crippen LogP contribution in [-0.2, 0) is 4.79 Å². The molecule has 0 amide bonds. The molecule has 0 saturated carbocycles. The second kappa shape index (κ2) is 4.46. The largest absolute Gasteiger partial charge is 0.299 e. The Hall–Kier alpha value is -0.330. The van der Waals surface area contributed by atoms with Gasteiger partial charge in [0.25, 0.3) is 0 Å². The van der Waals surface area contributed by atoms with Gasteiger partial charge >= 0.3 is 0 Å². The summed E-state index contributed by atoms with van der Waals surface area (Å²) >= 11 is 0. The van der Waals surface area contributed by atoms with Crippen LogP contribution in [0.2, 0.25) is 0 Å². The van der Waals surface area contributed by atoms with Crippen LogP contribution in [0.15, 0.2) is 0 Å². The molecule has 84 valence electrons. The summed E-state index contributed by atoms with van der Waals surface area (Å²) in [5.74, 6) is 0.593.